The first kappa shape index (κ1) is 21.0. The molecule has 22 heavy (non-hydrogen) atoms. The molecule has 0 unspecified atom stereocenters. The molecule has 7 nitrogen and oxygen atoms in total. The highest BCUT2D eigenvalue weighted by Gasteiger charge is 2.27. The van der Waals surface area contributed by atoms with Crippen LogP contribution in [0.25, 0.3) is 0 Å². The van der Waals surface area contributed by atoms with E-state index in [-0.39, 0.29) is 31.9 Å². The van der Waals surface area contributed by atoms with E-state index in [0.717, 1.165) is 0 Å². The molecule has 0 saturated heterocycles. The Labute approximate surface area is 132 Å². The van der Waals surface area contributed by atoms with Crippen LogP contribution in [-0.4, -0.2) is 58.4 Å². The third kappa shape index (κ3) is 10.7. The SMILES string of the molecule is COCOCC[C@@H](CC(=O)OC(C)(C)C)[C@@H](C=O)OCOC. The Bertz CT molecular complexity index is 312. The van der Waals surface area contributed by atoms with Crippen LogP contribution in [0.4, 0.5) is 0 Å². The molecule has 130 valence electrons. The Balaban J connectivity index is 4.60. The van der Waals surface area contributed by atoms with Crippen molar-refractivity contribution in [2.45, 2.75) is 45.3 Å². The maximum atomic E-state index is 12.0. The van der Waals surface area contributed by atoms with E-state index in [2.05, 4.69) is 0 Å². The quantitative estimate of drug-likeness (QED) is 0.233. The van der Waals surface area contributed by atoms with Gasteiger partial charge in [0.25, 0.3) is 0 Å². The highest BCUT2D eigenvalue weighted by atomic mass is 16.7. The normalized spacial score (nSPS) is 14.4. The molecular formula is C15H28O7. The summed E-state index contributed by atoms with van der Waals surface area (Å²) < 4.78 is 25.4. The van der Waals surface area contributed by atoms with Gasteiger partial charge < -0.3 is 28.5 Å². The summed E-state index contributed by atoms with van der Waals surface area (Å²) >= 11 is 0. The van der Waals surface area contributed by atoms with Crippen LogP contribution in [0, 0.1) is 5.92 Å². The summed E-state index contributed by atoms with van der Waals surface area (Å²) in [4.78, 5) is 23.2. The summed E-state index contributed by atoms with van der Waals surface area (Å²) in [5.41, 5.74) is -0.571. The standard InChI is InChI=1S/C15H28O7/c1-15(2,3)22-14(17)8-12(6-7-20-10-18-4)13(9-16)21-11-19-5/h9,12-13H,6-8,10-11H2,1-5H3/t12-,13+/m0/s1. The number of carbonyl (C=O) groups is 2. The highest BCUT2D eigenvalue weighted by Crippen LogP contribution is 2.19. The van der Waals surface area contributed by atoms with Crippen LogP contribution in [-0.2, 0) is 33.3 Å². The predicted octanol–water partition coefficient (Wildman–Crippen LogP) is 1.53. The molecule has 0 radical (unpaired) electrons. The molecule has 0 fully saturated rings. The van der Waals surface area contributed by atoms with Gasteiger partial charge in [0.05, 0.1) is 6.42 Å². The minimum atomic E-state index is -0.751. The Kier molecular flexibility index (Phi) is 11.0. The van der Waals surface area contributed by atoms with E-state index in [4.69, 9.17) is 23.7 Å². The van der Waals surface area contributed by atoms with E-state index in [9.17, 15) is 9.59 Å². The van der Waals surface area contributed by atoms with Gasteiger partial charge in [-0.3, -0.25) is 4.79 Å². The van der Waals surface area contributed by atoms with Crippen molar-refractivity contribution in [1.82, 2.24) is 0 Å². The van der Waals surface area contributed by atoms with Crippen LogP contribution in [0.5, 0.6) is 0 Å². The molecule has 7 heteroatoms. The van der Waals surface area contributed by atoms with Gasteiger partial charge in [-0.2, -0.15) is 0 Å². The van der Waals surface area contributed by atoms with Crippen LogP contribution in [0.1, 0.15) is 33.6 Å². The lowest BCUT2D eigenvalue weighted by Crippen LogP contribution is -2.32. The number of methoxy groups -OCH3 is 2. The van der Waals surface area contributed by atoms with Crippen molar-refractivity contribution in [1.29, 1.82) is 0 Å². The van der Waals surface area contributed by atoms with E-state index in [0.29, 0.717) is 19.3 Å². The number of aldehydes is 1. The van der Waals surface area contributed by atoms with E-state index in [1.165, 1.54) is 14.2 Å². The van der Waals surface area contributed by atoms with Crippen molar-refractivity contribution in [3.05, 3.63) is 0 Å². The summed E-state index contributed by atoms with van der Waals surface area (Å²) in [6.07, 6.45) is 0.458. The zero-order valence-corrected chi connectivity index (χ0v) is 14.1. The van der Waals surface area contributed by atoms with Crippen LogP contribution in [0.15, 0.2) is 0 Å². The number of carbonyl (C=O) groups excluding carboxylic acids is 2. The second-order valence-corrected chi connectivity index (χ2v) is 5.83. The van der Waals surface area contributed by atoms with Crippen molar-refractivity contribution in [2.24, 2.45) is 5.92 Å². The van der Waals surface area contributed by atoms with Crippen LogP contribution in [0.3, 0.4) is 0 Å². The number of hydrogen-bond donors (Lipinski definition) is 0. The van der Waals surface area contributed by atoms with Crippen LogP contribution < -0.4 is 0 Å². The topological polar surface area (TPSA) is 80.3 Å². The lowest BCUT2D eigenvalue weighted by Gasteiger charge is -2.25. The maximum absolute atomic E-state index is 12.0. The second-order valence-electron chi connectivity index (χ2n) is 5.83. The van der Waals surface area contributed by atoms with Crippen molar-refractivity contribution < 1.29 is 33.3 Å². The van der Waals surface area contributed by atoms with Crippen molar-refractivity contribution >= 4 is 12.3 Å². The molecule has 0 aromatic heterocycles. The molecule has 2 atom stereocenters. The molecule has 0 aliphatic carbocycles. The minimum absolute atomic E-state index is 0.0207. The fourth-order valence-electron chi connectivity index (χ4n) is 1.79. The van der Waals surface area contributed by atoms with E-state index < -0.39 is 11.7 Å². The second kappa shape index (κ2) is 11.5. The lowest BCUT2D eigenvalue weighted by atomic mass is 9.95. The van der Waals surface area contributed by atoms with Gasteiger partial charge in [-0.1, -0.05) is 0 Å². The van der Waals surface area contributed by atoms with E-state index >= 15 is 0 Å². The largest absolute Gasteiger partial charge is 0.460 e. The van der Waals surface area contributed by atoms with Crippen molar-refractivity contribution in [3.63, 3.8) is 0 Å². The minimum Gasteiger partial charge on any atom is -0.460 e. The fraction of sp³-hybridized carbons (Fsp3) is 0.867. The Morgan fingerprint density at radius 2 is 1.77 bits per heavy atom. The first-order chi connectivity index (χ1) is 10.3. The first-order valence-corrected chi connectivity index (χ1v) is 7.18. The number of ether oxygens (including phenoxy) is 5. The average molecular weight is 320 g/mol. The van der Waals surface area contributed by atoms with Crippen LogP contribution >= 0.6 is 0 Å². The zero-order valence-electron chi connectivity index (χ0n) is 14.1. The maximum Gasteiger partial charge on any atom is 0.306 e. The molecule has 0 aliphatic heterocycles. The molecule has 0 aromatic carbocycles. The van der Waals surface area contributed by atoms with Crippen LogP contribution in [0.2, 0.25) is 0 Å². The molecule has 0 bridgehead atoms. The van der Waals surface area contributed by atoms with Gasteiger partial charge in [-0.05, 0) is 27.2 Å². The Hall–Kier alpha value is -1.02. The lowest BCUT2D eigenvalue weighted by molar-refractivity contribution is -0.160. The van der Waals surface area contributed by atoms with Gasteiger partial charge in [-0.25, -0.2) is 0 Å². The van der Waals surface area contributed by atoms with E-state index in [1.54, 1.807) is 20.8 Å². The average Bonchev–Trinajstić information content (AvgIpc) is 2.41. The molecule has 0 rings (SSSR count). The third-order valence-electron chi connectivity index (χ3n) is 2.66. The Morgan fingerprint density at radius 3 is 2.27 bits per heavy atom. The molecule has 0 spiro atoms. The Morgan fingerprint density at radius 1 is 1.14 bits per heavy atom. The number of hydrogen-bond acceptors (Lipinski definition) is 7. The predicted molar refractivity (Wildman–Crippen MR) is 79.2 cm³/mol. The van der Waals surface area contributed by atoms with Gasteiger partial charge >= 0.3 is 5.97 Å². The third-order valence-corrected chi connectivity index (χ3v) is 2.66. The monoisotopic (exact) mass is 320 g/mol. The molecule has 0 amide bonds. The zero-order chi connectivity index (χ0) is 17.0. The van der Waals surface area contributed by atoms with Gasteiger partial charge in [0.2, 0.25) is 0 Å². The summed E-state index contributed by atoms with van der Waals surface area (Å²) in [7, 11) is 2.99. The van der Waals surface area contributed by atoms with Crippen molar-refractivity contribution in [2.75, 3.05) is 34.4 Å². The number of esters is 1. The summed E-state index contributed by atoms with van der Waals surface area (Å²) in [6.45, 7) is 5.86. The summed E-state index contributed by atoms with van der Waals surface area (Å²) in [6, 6.07) is 0. The van der Waals surface area contributed by atoms with E-state index in [1.807, 2.05) is 0 Å². The first-order valence-electron chi connectivity index (χ1n) is 7.18. The fourth-order valence-corrected chi connectivity index (χ4v) is 1.79. The van der Waals surface area contributed by atoms with Gasteiger partial charge in [-0.15, -0.1) is 0 Å². The molecule has 0 aliphatic rings. The number of rotatable bonds is 12. The summed E-state index contributed by atoms with van der Waals surface area (Å²) in [5, 5.41) is 0. The smallest absolute Gasteiger partial charge is 0.306 e. The molecule has 0 N–H and O–H groups in total. The van der Waals surface area contributed by atoms with Crippen molar-refractivity contribution in [3.8, 4) is 0 Å². The van der Waals surface area contributed by atoms with Gasteiger partial charge in [0, 0.05) is 26.7 Å². The molecular weight excluding hydrogens is 292 g/mol. The molecule has 0 aromatic rings. The molecule has 0 heterocycles. The molecule has 0 saturated carbocycles. The summed E-state index contributed by atoms with van der Waals surface area (Å²) in [5.74, 6) is -0.725. The van der Waals surface area contributed by atoms with Gasteiger partial charge in [0.1, 0.15) is 31.6 Å². The highest BCUT2D eigenvalue weighted by molar-refractivity contribution is 5.71. The van der Waals surface area contributed by atoms with Gasteiger partial charge in [0.15, 0.2) is 0 Å².